The van der Waals surface area contributed by atoms with Gasteiger partial charge in [0.2, 0.25) is 23.0 Å². The average Bonchev–Trinajstić information content (AvgIpc) is 3.32. The molecule has 1 aliphatic carbocycles. The molecular weight excluding hydrogens is 490 g/mol. The molecule has 1 heterocycles. The van der Waals surface area contributed by atoms with Crippen molar-refractivity contribution in [1.82, 2.24) is 10.6 Å². The minimum atomic E-state index is -0.403. The molecule has 2 unspecified atom stereocenters. The van der Waals surface area contributed by atoms with Crippen molar-refractivity contribution in [2.45, 2.75) is 44.8 Å². The molecule has 2 aliphatic rings. The Labute approximate surface area is 222 Å². The molecule has 3 N–H and O–H groups in total. The van der Waals surface area contributed by atoms with E-state index in [1.165, 1.54) is 20.1 Å². The fourth-order valence-corrected chi connectivity index (χ4v) is 5.12. The lowest BCUT2D eigenvalue weighted by molar-refractivity contribution is -0.120. The van der Waals surface area contributed by atoms with Crippen molar-refractivity contribution < 1.29 is 28.5 Å². The predicted molar refractivity (Wildman–Crippen MR) is 143 cm³/mol. The van der Waals surface area contributed by atoms with Gasteiger partial charge in [0.25, 0.3) is 0 Å². The molecule has 1 saturated heterocycles. The number of carbonyl (C=O) groups excluding carboxylic acids is 2. The molecule has 4 rings (SSSR count). The molecule has 2 aromatic carbocycles. The Bertz CT molecular complexity index is 1260. The molecule has 1 aliphatic heterocycles. The van der Waals surface area contributed by atoms with Crippen LogP contribution >= 0.6 is 0 Å². The zero-order valence-corrected chi connectivity index (χ0v) is 22.3. The van der Waals surface area contributed by atoms with Crippen LogP contribution in [0.4, 0.5) is 5.69 Å². The molecule has 10 nitrogen and oxygen atoms in total. The van der Waals surface area contributed by atoms with Crippen LogP contribution in [0, 0.1) is 0 Å². The molecule has 0 bridgehead atoms. The number of carbonyl (C=O) groups is 2. The van der Waals surface area contributed by atoms with Crippen LogP contribution in [0.2, 0.25) is 0 Å². The highest BCUT2D eigenvalue weighted by atomic mass is 16.5. The smallest absolute Gasteiger partial charge is 0.239 e. The van der Waals surface area contributed by atoms with Crippen LogP contribution < -0.4 is 35.6 Å². The van der Waals surface area contributed by atoms with Crippen LogP contribution in [-0.4, -0.2) is 58.9 Å². The Kier molecular flexibility index (Phi) is 8.73. The Balaban J connectivity index is 1.73. The van der Waals surface area contributed by atoms with Gasteiger partial charge >= 0.3 is 0 Å². The zero-order chi connectivity index (χ0) is 27.2. The molecule has 0 spiro atoms. The summed E-state index contributed by atoms with van der Waals surface area (Å²) in [6, 6.07) is 6.49. The Morgan fingerprint density at radius 2 is 1.84 bits per heavy atom. The Morgan fingerprint density at radius 3 is 2.50 bits per heavy atom. The van der Waals surface area contributed by atoms with Crippen molar-refractivity contribution in [2.75, 3.05) is 46.3 Å². The first-order chi connectivity index (χ1) is 18.4. The van der Waals surface area contributed by atoms with E-state index in [2.05, 4.69) is 16.0 Å². The Morgan fingerprint density at radius 1 is 1.05 bits per heavy atom. The van der Waals surface area contributed by atoms with E-state index in [1.807, 2.05) is 12.1 Å². The molecule has 1 fully saturated rings. The third kappa shape index (κ3) is 5.85. The quantitative estimate of drug-likeness (QED) is 0.456. The minimum Gasteiger partial charge on any atom is -0.493 e. The average molecular weight is 526 g/mol. The zero-order valence-electron chi connectivity index (χ0n) is 22.3. The van der Waals surface area contributed by atoms with Gasteiger partial charge in [0.05, 0.1) is 45.7 Å². The summed E-state index contributed by atoms with van der Waals surface area (Å²) in [5.41, 5.74) is 3.07. The van der Waals surface area contributed by atoms with E-state index in [-0.39, 0.29) is 35.6 Å². The second-order valence-corrected chi connectivity index (χ2v) is 9.39. The maximum atomic E-state index is 13.3. The SMILES string of the molecule is COc1cc2c(c(OC)c1OC)-c1ccc(NCC(=O)NCC3CCCO3)c(=O)cc1C(NC(C)=O)CC2. The molecule has 204 valence electrons. The summed E-state index contributed by atoms with van der Waals surface area (Å²) in [5, 5.41) is 8.80. The summed E-state index contributed by atoms with van der Waals surface area (Å²) < 4.78 is 22.5. The number of aryl methyl sites for hydroxylation is 1. The maximum Gasteiger partial charge on any atom is 0.239 e. The molecule has 10 heteroatoms. The minimum absolute atomic E-state index is 0.0376. The summed E-state index contributed by atoms with van der Waals surface area (Å²) in [6.07, 6.45) is 3.14. The second kappa shape index (κ2) is 12.2. The van der Waals surface area contributed by atoms with E-state index in [1.54, 1.807) is 20.3 Å². The number of methoxy groups -OCH3 is 3. The fourth-order valence-electron chi connectivity index (χ4n) is 5.12. The highest BCUT2D eigenvalue weighted by molar-refractivity contribution is 5.84. The highest BCUT2D eigenvalue weighted by Crippen LogP contribution is 2.50. The number of hydrogen-bond acceptors (Lipinski definition) is 8. The van der Waals surface area contributed by atoms with E-state index < -0.39 is 6.04 Å². The van der Waals surface area contributed by atoms with Crippen LogP contribution in [0.1, 0.15) is 43.4 Å². The highest BCUT2D eigenvalue weighted by Gasteiger charge is 2.29. The van der Waals surface area contributed by atoms with Crippen molar-refractivity contribution in [2.24, 2.45) is 0 Å². The predicted octanol–water partition coefficient (Wildman–Crippen LogP) is 2.57. The molecule has 0 radical (unpaired) electrons. The summed E-state index contributed by atoms with van der Waals surface area (Å²) in [6.45, 7) is 2.56. The van der Waals surface area contributed by atoms with Gasteiger partial charge in [0.15, 0.2) is 11.5 Å². The van der Waals surface area contributed by atoms with Gasteiger partial charge < -0.3 is 34.9 Å². The lowest BCUT2D eigenvalue weighted by atomic mass is 9.95. The summed E-state index contributed by atoms with van der Waals surface area (Å²) >= 11 is 0. The molecule has 2 aromatic rings. The Hall–Kier alpha value is -3.79. The number of benzene rings is 1. The molecule has 2 amide bonds. The van der Waals surface area contributed by atoms with Crippen LogP contribution in [0.5, 0.6) is 17.2 Å². The third-order valence-corrected chi connectivity index (χ3v) is 6.91. The number of hydrogen-bond donors (Lipinski definition) is 3. The van der Waals surface area contributed by atoms with Gasteiger partial charge in [-0.3, -0.25) is 14.4 Å². The van der Waals surface area contributed by atoms with Crippen molar-refractivity contribution in [1.29, 1.82) is 0 Å². The van der Waals surface area contributed by atoms with Gasteiger partial charge in [-0.2, -0.15) is 0 Å². The topological polar surface area (TPSA) is 124 Å². The fraction of sp³-hybridized carbons (Fsp3) is 0.464. The summed E-state index contributed by atoms with van der Waals surface area (Å²) in [4.78, 5) is 37.8. The molecule has 2 atom stereocenters. The van der Waals surface area contributed by atoms with E-state index in [0.717, 1.165) is 36.1 Å². The summed E-state index contributed by atoms with van der Waals surface area (Å²) in [5.74, 6) is 1.02. The monoisotopic (exact) mass is 525 g/mol. The van der Waals surface area contributed by atoms with E-state index in [0.29, 0.717) is 42.2 Å². The molecule has 0 aromatic heterocycles. The number of amides is 2. The van der Waals surface area contributed by atoms with Gasteiger partial charge in [-0.15, -0.1) is 0 Å². The molecular formula is C28H35N3O7. The number of fused-ring (bicyclic) bond motifs is 3. The number of anilines is 1. The largest absolute Gasteiger partial charge is 0.493 e. The van der Waals surface area contributed by atoms with Crippen molar-refractivity contribution >= 4 is 17.5 Å². The van der Waals surface area contributed by atoms with Gasteiger partial charge in [-0.05, 0) is 60.6 Å². The van der Waals surface area contributed by atoms with Crippen molar-refractivity contribution in [3.05, 3.63) is 45.6 Å². The molecule has 0 saturated carbocycles. The lowest BCUT2D eigenvalue weighted by Crippen LogP contribution is -2.36. The van der Waals surface area contributed by atoms with Crippen LogP contribution in [0.15, 0.2) is 29.1 Å². The second-order valence-electron chi connectivity index (χ2n) is 9.39. The standard InChI is InChI=1S/C28H35N3O7/c1-16(32)31-21-9-7-17-12-24(35-2)27(36-3)28(37-4)26(17)19-8-10-22(23(33)13-20(19)21)29-15-25(34)30-14-18-6-5-11-38-18/h8,10,12-13,18,21H,5-7,9,11,14-15H2,1-4H3,(H,29,33)(H,30,34)(H,31,32). The normalized spacial score (nSPS) is 17.9. The van der Waals surface area contributed by atoms with Crippen LogP contribution in [-0.2, 0) is 20.7 Å². The number of rotatable bonds is 9. The first-order valence-corrected chi connectivity index (χ1v) is 12.8. The van der Waals surface area contributed by atoms with Crippen LogP contribution in [0.25, 0.3) is 11.1 Å². The number of nitrogens with one attached hydrogen (secondary N) is 3. The number of ether oxygens (including phenoxy) is 4. The maximum absolute atomic E-state index is 13.3. The molecule has 38 heavy (non-hydrogen) atoms. The van der Waals surface area contributed by atoms with Gasteiger partial charge in [0.1, 0.15) is 0 Å². The third-order valence-electron chi connectivity index (χ3n) is 6.91. The lowest BCUT2D eigenvalue weighted by Gasteiger charge is -2.19. The van der Waals surface area contributed by atoms with E-state index in [9.17, 15) is 14.4 Å². The van der Waals surface area contributed by atoms with E-state index in [4.69, 9.17) is 18.9 Å². The van der Waals surface area contributed by atoms with Crippen LogP contribution in [0.3, 0.4) is 0 Å². The van der Waals surface area contributed by atoms with Gasteiger partial charge in [0, 0.05) is 25.6 Å². The van der Waals surface area contributed by atoms with Gasteiger partial charge in [-0.25, -0.2) is 0 Å². The summed E-state index contributed by atoms with van der Waals surface area (Å²) in [7, 11) is 4.65. The van der Waals surface area contributed by atoms with Crippen molar-refractivity contribution in [3.63, 3.8) is 0 Å². The van der Waals surface area contributed by atoms with E-state index >= 15 is 0 Å². The van der Waals surface area contributed by atoms with Gasteiger partial charge in [-0.1, -0.05) is 6.07 Å². The first kappa shape index (κ1) is 27.3. The van der Waals surface area contributed by atoms with Crippen molar-refractivity contribution in [3.8, 4) is 28.4 Å². The first-order valence-electron chi connectivity index (χ1n) is 12.8.